The van der Waals surface area contributed by atoms with E-state index in [2.05, 4.69) is 73.6 Å². The van der Waals surface area contributed by atoms with Crippen molar-refractivity contribution in [3.8, 4) is 0 Å². The van der Waals surface area contributed by atoms with Crippen molar-refractivity contribution in [2.45, 2.75) is 33.4 Å². The van der Waals surface area contributed by atoms with Gasteiger partial charge in [-0.25, -0.2) is 0 Å². The first kappa shape index (κ1) is 15.5. The number of hydrogen-bond donors (Lipinski definition) is 1. The van der Waals surface area contributed by atoms with E-state index < -0.39 is 0 Å². The number of nitrogens with one attached hydrogen (secondary N) is 1. The van der Waals surface area contributed by atoms with E-state index in [1.807, 2.05) is 0 Å². The predicted octanol–water partition coefficient (Wildman–Crippen LogP) is 3.53. The molecule has 0 aliphatic heterocycles. The Kier molecular flexibility index (Phi) is 5.76. The molecule has 3 heteroatoms. The van der Waals surface area contributed by atoms with Crippen LogP contribution in [-0.4, -0.2) is 18.6 Å². The molecule has 21 heavy (non-hydrogen) atoms. The van der Waals surface area contributed by atoms with Crippen molar-refractivity contribution >= 4 is 5.69 Å². The van der Waals surface area contributed by atoms with Crippen LogP contribution in [0.2, 0.25) is 0 Å². The van der Waals surface area contributed by atoms with E-state index >= 15 is 0 Å². The quantitative estimate of drug-likeness (QED) is 0.788. The Labute approximate surface area is 128 Å². The van der Waals surface area contributed by atoms with E-state index in [4.69, 9.17) is 4.98 Å². The van der Waals surface area contributed by atoms with Crippen LogP contribution in [0.1, 0.15) is 30.3 Å². The van der Waals surface area contributed by atoms with Crippen molar-refractivity contribution in [1.82, 2.24) is 10.3 Å². The minimum Gasteiger partial charge on any atom is -0.369 e. The zero-order chi connectivity index (χ0) is 15.1. The van der Waals surface area contributed by atoms with Crippen LogP contribution in [0.25, 0.3) is 0 Å². The Morgan fingerprint density at radius 2 is 1.86 bits per heavy atom. The van der Waals surface area contributed by atoms with Gasteiger partial charge in [-0.1, -0.05) is 25.1 Å². The predicted molar refractivity (Wildman–Crippen MR) is 89.5 cm³/mol. The lowest BCUT2D eigenvalue weighted by atomic mass is 10.2. The average Bonchev–Trinajstić information content (AvgIpc) is 2.48. The Balaban J connectivity index is 2.00. The van der Waals surface area contributed by atoms with Crippen molar-refractivity contribution in [1.29, 1.82) is 0 Å². The van der Waals surface area contributed by atoms with Gasteiger partial charge in [-0.15, -0.1) is 0 Å². The highest BCUT2D eigenvalue weighted by molar-refractivity contribution is 5.47. The largest absolute Gasteiger partial charge is 0.369 e. The summed E-state index contributed by atoms with van der Waals surface area (Å²) in [7, 11) is 2.11. The number of benzene rings is 1. The smallest absolute Gasteiger partial charge is 0.0600 e. The van der Waals surface area contributed by atoms with Crippen LogP contribution in [0.15, 0.2) is 42.5 Å². The van der Waals surface area contributed by atoms with Crippen LogP contribution >= 0.6 is 0 Å². The molecule has 0 amide bonds. The number of rotatable bonds is 7. The molecule has 2 rings (SSSR count). The summed E-state index contributed by atoms with van der Waals surface area (Å²) in [5.41, 5.74) is 4.73. The van der Waals surface area contributed by atoms with Gasteiger partial charge in [0.25, 0.3) is 0 Å². The molecule has 0 spiro atoms. The summed E-state index contributed by atoms with van der Waals surface area (Å²) in [5.74, 6) is 0. The van der Waals surface area contributed by atoms with E-state index in [0.717, 1.165) is 37.4 Å². The zero-order valence-electron chi connectivity index (χ0n) is 13.3. The molecule has 1 N–H and O–H groups in total. The van der Waals surface area contributed by atoms with Gasteiger partial charge in [-0.2, -0.15) is 0 Å². The second kappa shape index (κ2) is 7.79. The van der Waals surface area contributed by atoms with Crippen LogP contribution in [0.3, 0.4) is 0 Å². The molecule has 1 aromatic carbocycles. The van der Waals surface area contributed by atoms with Gasteiger partial charge in [0.2, 0.25) is 0 Å². The molecule has 3 nitrogen and oxygen atoms in total. The fourth-order valence-corrected chi connectivity index (χ4v) is 2.31. The first-order chi connectivity index (χ1) is 10.2. The molecule has 0 unspecified atom stereocenters. The van der Waals surface area contributed by atoms with E-state index in [9.17, 15) is 0 Å². The first-order valence-electron chi connectivity index (χ1n) is 7.62. The highest BCUT2D eigenvalue weighted by Crippen LogP contribution is 2.16. The van der Waals surface area contributed by atoms with Gasteiger partial charge in [0.05, 0.1) is 17.9 Å². The molecule has 0 saturated carbocycles. The van der Waals surface area contributed by atoms with Crippen molar-refractivity contribution in [2.75, 3.05) is 18.5 Å². The van der Waals surface area contributed by atoms with Gasteiger partial charge in [0, 0.05) is 19.3 Å². The van der Waals surface area contributed by atoms with Crippen molar-refractivity contribution in [3.05, 3.63) is 59.4 Å². The maximum absolute atomic E-state index is 4.73. The topological polar surface area (TPSA) is 28.2 Å². The lowest BCUT2D eigenvalue weighted by Crippen LogP contribution is -2.19. The number of pyridine rings is 1. The number of anilines is 1. The molecule has 2 aromatic rings. The average molecular weight is 283 g/mol. The highest BCUT2D eigenvalue weighted by Gasteiger charge is 2.04. The third kappa shape index (κ3) is 4.87. The lowest BCUT2D eigenvalue weighted by Gasteiger charge is -2.19. The van der Waals surface area contributed by atoms with Crippen LogP contribution < -0.4 is 10.2 Å². The number of nitrogens with zero attached hydrogens (tertiary/aromatic N) is 2. The summed E-state index contributed by atoms with van der Waals surface area (Å²) >= 11 is 0. The van der Waals surface area contributed by atoms with E-state index in [1.165, 1.54) is 11.3 Å². The minimum absolute atomic E-state index is 0.824. The summed E-state index contributed by atoms with van der Waals surface area (Å²) in [6.45, 7) is 7.00. The molecule has 0 atom stereocenters. The standard InChI is InChI=1S/C18H25N3/c1-4-11-19-13-16-8-6-9-17(20-16)14-21(3)18-10-5-7-15(2)12-18/h5-10,12,19H,4,11,13-14H2,1-3H3. The van der Waals surface area contributed by atoms with Crippen LogP contribution in [0, 0.1) is 6.92 Å². The van der Waals surface area contributed by atoms with Crippen molar-refractivity contribution in [2.24, 2.45) is 0 Å². The summed E-state index contributed by atoms with van der Waals surface area (Å²) in [6, 6.07) is 14.8. The molecule has 0 bridgehead atoms. The maximum atomic E-state index is 4.73. The summed E-state index contributed by atoms with van der Waals surface area (Å²) in [6.07, 6.45) is 1.15. The third-order valence-corrected chi connectivity index (χ3v) is 3.44. The Bertz CT molecular complexity index is 566. The molecule has 0 aliphatic carbocycles. The van der Waals surface area contributed by atoms with E-state index in [1.54, 1.807) is 0 Å². The van der Waals surface area contributed by atoms with E-state index in [-0.39, 0.29) is 0 Å². The van der Waals surface area contributed by atoms with Crippen molar-refractivity contribution in [3.63, 3.8) is 0 Å². The summed E-state index contributed by atoms with van der Waals surface area (Å²) in [5, 5.41) is 3.39. The maximum Gasteiger partial charge on any atom is 0.0600 e. The normalized spacial score (nSPS) is 10.6. The second-order valence-corrected chi connectivity index (χ2v) is 5.49. The molecule has 1 aromatic heterocycles. The first-order valence-corrected chi connectivity index (χ1v) is 7.62. The molecule has 0 aliphatic rings. The number of aryl methyl sites for hydroxylation is 1. The molecular formula is C18H25N3. The second-order valence-electron chi connectivity index (χ2n) is 5.49. The van der Waals surface area contributed by atoms with Crippen LogP contribution in [-0.2, 0) is 13.1 Å². The molecular weight excluding hydrogens is 258 g/mol. The van der Waals surface area contributed by atoms with Crippen LogP contribution in [0.4, 0.5) is 5.69 Å². The van der Waals surface area contributed by atoms with Gasteiger partial charge in [0.15, 0.2) is 0 Å². The van der Waals surface area contributed by atoms with Gasteiger partial charge in [-0.05, 0) is 49.7 Å². The SMILES string of the molecule is CCCNCc1cccc(CN(C)c2cccc(C)c2)n1. The fourth-order valence-electron chi connectivity index (χ4n) is 2.31. The lowest BCUT2D eigenvalue weighted by molar-refractivity contribution is 0.661. The summed E-state index contributed by atoms with van der Waals surface area (Å²) < 4.78 is 0. The minimum atomic E-state index is 0.824. The van der Waals surface area contributed by atoms with Gasteiger partial charge < -0.3 is 10.2 Å². The highest BCUT2D eigenvalue weighted by atomic mass is 15.1. The fraction of sp³-hybridized carbons (Fsp3) is 0.389. The third-order valence-electron chi connectivity index (χ3n) is 3.44. The molecule has 0 saturated heterocycles. The number of hydrogen-bond acceptors (Lipinski definition) is 3. The molecule has 0 fully saturated rings. The van der Waals surface area contributed by atoms with Crippen LogP contribution in [0.5, 0.6) is 0 Å². The monoisotopic (exact) mass is 283 g/mol. The van der Waals surface area contributed by atoms with Crippen molar-refractivity contribution < 1.29 is 0 Å². The molecule has 112 valence electrons. The van der Waals surface area contributed by atoms with Gasteiger partial charge in [-0.3, -0.25) is 4.98 Å². The number of aromatic nitrogens is 1. The van der Waals surface area contributed by atoms with E-state index in [0.29, 0.717) is 0 Å². The van der Waals surface area contributed by atoms with Gasteiger partial charge >= 0.3 is 0 Å². The Morgan fingerprint density at radius 1 is 1.10 bits per heavy atom. The summed E-state index contributed by atoms with van der Waals surface area (Å²) in [4.78, 5) is 6.96. The Hall–Kier alpha value is -1.87. The molecule has 1 heterocycles. The Morgan fingerprint density at radius 3 is 2.62 bits per heavy atom. The van der Waals surface area contributed by atoms with Gasteiger partial charge in [0.1, 0.15) is 0 Å². The zero-order valence-corrected chi connectivity index (χ0v) is 13.3. The molecule has 0 radical (unpaired) electrons.